The van der Waals surface area contributed by atoms with Crippen molar-refractivity contribution >= 4 is 41.2 Å². The number of nitrogens with zero attached hydrogens (tertiary/aromatic N) is 1. The van der Waals surface area contributed by atoms with Crippen molar-refractivity contribution in [2.75, 3.05) is 18.1 Å². The van der Waals surface area contributed by atoms with Gasteiger partial charge in [0.25, 0.3) is 11.8 Å². The van der Waals surface area contributed by atoms with E-state index < -0.39 is 41.5 Å². The van der Waals surface area contributed by atoms with Gasteiger partial charge in [-0.1, -0.05) is 6.07 Å². The van der Waals surface area contributed by atoms with E-state index in [4.69, 9.17) is 9.84 Å². The number of anilines is 1. The fraction of sp³-hybridized carbons (Fsp3) is 0.348. The third-order valence-corrected chi connectivity index (χ3v) is 4.92. The maximum atomic E-state index is 12.2. The molecule has 0 bridgehead atoms. The van der Waals surface area contributed by atoms with Crippen molar-refractivity contribution in [1.82, 2.24) is 16.0 Å². The van der Waals surface area contributed by atoms with Crippen LogP contribution in [0.15, 0.2) is 30.4 Å². The van der Waals surface area contributed by atoms with Gasteiger partial charge in [0.05, 0.1) is 18.8 Å². The second-order valence-corrected chi connectivity index (χ2v) is 7.59. The van der Waals surface area contributed by atoms with Crippen molar-refractivity contribution < 1.29 is 59.0 Å². The van der Waals surface area contributed by atoms with Gasteiger partial charge in [0.2, 0.25) is 17.7 Å². The van der Waals surface area contributed by atoms with Gasteiger partial charge in [-0.25, -0.2) is 4.90 Å². The summed E-state index contributed by atoms with van der Waals surface area (Å²) in [5.41, 5.74) is 0.875. The Kier molecular flexibility index (Phi) is 12.5. The van der Waals surface area contributed by atoms with E-state index in [1.54, 1.807) is 12.1 Å². The molecule has 195 valence electrons. The van der Waals surface area contributed by atoms with Gasteiger partial charge in [0.1, 0.15) is 11.8 Å². The molecule has 4 N–H and O–H groups in total. The molecule has 12 nitrogen and oxygen atoms in total. The monoisotopic (exact) mass is 674 g/mol. The molecule has 13 heteroatoms. The molecular weight excluding hydrogens is 646 g/mol. The Morgan fingerprint density at radius 3 is 2.36 bits per heavy atom. The van der Waals surface area contributed by atoms with E-state index in [0.717, 1.165) is 17.1 Å². The summed E-state index contributed by atoms with van der Waals surface area (Å²) in [5.74, 6) is -3.11. The van der Waals surface area contributed by atoms with Crippen LogP contribution in [0.3, 0.4) is 0 Å². The summed E-state index contributed by atoms with van der Waals surface area (Å²) in [6, 6.07) is 3.84. The summed E-state index contributed by atoms with van der Waals surface area (Å²) in [5, 5.41) is 15.8. The molecule has 0 aliphatic carbocycles. The van der Waals surface area contributed by atoms with Crippen molar-refractivity contribution in [3.63, 3.8) is 0 Å². The number of amides is 5. The second kappa shape index (κ2) is 14.8. The largest absolute Gasteiger partial charge is 0.507 e. The zero-order valence-electron chi connectivity index (χ0n) is 19.5. The van der Waals surface area contributed by atoms with Crippen LogP contribution < -0.4 is 25.6 Å². The molecule has 36 heavy (non-hydrogen) atoms. The smallest absolute Gasteiger partial charge is 0.303 e. The van der Waals surface area contributed by atoms with Gasteiger partial charge in [0.15, 0.2) is 0 Å². The SMILES string of the molecule is [CH2-]NC(=O)C(C)NC(=O)CNC(=O)CCc1ccc(N2C(=O)C=CC2=O)cc1OCCCC(=O)O.[Re]. The van der Waals surface area contributed by atoms with Crippen molar-refractivity contribution in [2.24, 2.45) is 0 Å². The van der Waals surface area contributed by atoms with Crippen molar-refractivity contribution in [2.45, 2.75) is 38.6 Å². The Bertz CT molecular complexity index is 1020. The van der Waals surface area contributed by atoms with Crippen LogP contribution in [0.1, 0.15) is 31.7 Å². The maximum absolute atomic E-state index is 12.2. The first kappa shape index (κ1) is 30.5. The molecule has 1 atom stereocenters. The number of ether oxygens (including phenoxy) is 1. The quantitative estimate of drug-likeness (QED) is 0.127. The topological polar surface area (TPSA) is 171 Å². The Morgan fingerprint density at radius 2 is 1.75 bits per heavy atom. The zero-order chi connectivity index (χ0) is 26.0. The number of benzene rings is 1. The van der Waals surface area contributed by atoms with Crippen molar-refractivity contribution in [3.05, 3.63) is 43.0 Å². The van der Waals surface area contributed by atoms with Gasteiger partial charge in [-0.3, -0.25) is 35.8 Å². The molecule has 0 saturated heterocycles. The first-order valence-corrected chi connectivity index (χ1v) is 10.8. The van der Waals surface area contributed by atoms with Crippen LogP contribution in [-0.2, 0) is 55.6 Å². The van der Waals surface area contributed by atoms with Gasteiger partial charge in [-0.2, -0.15) is 0 Å². The molecule has 0 saturated carbocycles. The van der Waals surface area contributed by atoms with E-state index in [1.165, 1.54) is 13.0 Å². The number of carboxylic acid groups (broad SMARTS) is 1. The van der Waals surface area contributed by atoms with Crippen LogP contribution in [0.2, 0.25) is 0 Å². The van der Waals surface area contributed by atoms with E-state index in [-0.39, 0.29) is 64.9 Å². The molecule has 1 unspecified atom stereocenters. The molecule has 1 aliphatic heterocycles. The first-order chi connectivity index (χ1) is 16.6. The Balaban J connectivity index is 0.00000648. The summed E-state index contributed by atoms with van der Waals surface area (Å²) in [7, 11) is 3.22. The Labute approximate surface area is 221 Å². The van der Waals surface area contributed by atoms with Crippen LogP contribution >= 0.6 is 0 Å². The number of rotatable bonds is 13. The second-order valence-electron chi connectivity index (χ2n) is 7.59. The molecule has 1 radical (unpaired) electrons. The van der Waals surface area contributed by atoms with E-state index in [0.29, 0.717) is 11.3 Å². The van der Waals surface area contributed by atoms with E-state index in [1.807, 2.05) is 0 Å². The third kappa shape index (κ3) is 9.24. The minimum Gasteiger partial charge on any atom is -0.507 e. The Morgan fingerprint density at radius 1 is 1.08 bits per heavy atom. The molecule has 1 aromatic carbocycles. The van der Waals surface area contributed by atoms with Crippen molar-refractivity contribution in [1.29, 1.82) is 0 Å². The van der Waals surface area contributed by atoms with Gasteiger partial charge >= 0.3 is 5.97 Å². The number of aliphatic carboxylic acids is 1. The third-order valence-electron chi connectivity index (χ3n) is 4.92. The number of imide groups is 1. The fourth-order valence-electron chi connectivity index (χ4n) is 3.11. The summed E-state index contributed by atoms with van der Waals surface area (Å²) >= 11 is 0. The van der Waals surface area contributed by atoms with Crippen LogP contribution in [0, 0.1) is 7.05 Å². The molecule has 5 amide bonds. The minimum atomic E-state index is -0.969. The summed E-state index contributed by atoms with van der Waals surface area (Å²) < 4.78 is 5.69. The van der Waals surface area contributed by atoms with Crippen molar-refractivity contribution in [3.8, 4) is 5.75 Å². The zero-order valence-corrected chi connectivity index (χ0v) is 22.3. The molecule has 1 aliphatic rings. The van der Waals surface area contributed by atoms with Crippen LogP contribution in [0.25, 0.3) is 0 Å². The molecule has 0 spiro atoms. The van der Waals surface area contributed by atoms with E-state index in [9.17, 15) is 28.8 Å². The molecule has 2 rings (SSSR count). The van der Waals surface area contributed by atoms with Crippen LogP contribution in [-0.4, -0.2) is 59.8 Å². The number of hydrogen-bond acceptors (Lipinski definition) is 7. The van der Waals surface area contributed by atoms with E-state index >= 15 is 0 Å². The first-order valence-electron chi connectivity index (χ1n) is 10.8. The molecule has 1 heterocycles. The van der Waals surface area contributed by atoms with Crippen LogP contribution in [0.4, 0.5) is 5.69 Å². The average molecular weight is 674 g/mol. The molecule has 0 fully saturated rings. The maximum Gasteiger partial charge on any atom is 0.303 e. The number of carboxylic acids is 1. The molecular formula is C23H27N4O8Re-. The fourth-order valence-corrected chi connectivity index (χ4v) is 3.11. The van der Waals surface area contributed by atoms with Gasteiger partial charge in [-0.15, -0.1) is 0 Å². The predicted molar refractivity (Wildman–Crippen MR) is 123 cm³/mol. The number of carbonyl (C=O) groups is 6. The molecule has 0 aromatic heterocycles. The Hall–Kier alpha value is -3.56. The predicted octanol–water partition coefficient (Wildman–Crippen LogP) is -0.182. The van der Waals surface area contributed by atoms with Gasteiger partial charge in [-0.05, 0) is 31.4 Å². The number of nitrogens with one attached hydrogen (secondary N) is 3. The van der Waals surface area contributed by atoms with Crippen LogP contribution in [0.5, 0.6) is 5.75 Å². The summed E-state index contributed by atoms with van der Waals surface area (Å²) in [4.78, 5) is 71.1. The molecule has 1 aromatic rings. The normalized spacial score (nSPS) is 13.0. The standard InChI is InChI=1S/C23H27N4O8.Re/c1-14(23(34)24-2)26-19(29)13-25-18(28)8-6-15-5-7-16(27-20(30)9-10-21(27)31)12-17(15)35-11-3-4-22(32)33;/h5,7,9-10,12,14H,2-4,6,8,11,13H2,1H3,(H,24,34)(H,25,28)(H,26,29)(H,32,33);/q-1;. The summed E-state index contributed by atoms with van der Waals surface area (Å²) in [6.45, 7) is 1.23. The number of hydrogen-bond donors (Lipinski definition) is 4. The average Bonchev–Trinajstić information content (AvgIpc) is 3.16. The van der Waals surface area contributed by atoms with Gasteiger partial charge in [0, 0.05) is 51.5 Å². The number of aryl methyl sites for hydroxylation is 1. The minimum absolute atomic E-state index is 0. The van der Waals surface area contributed by atoms with E-state index in [2.05, 4.69) is 23.0 Å². The summed E-state index contributed by atoms with van der Waals surface area (Å²) in [6.07, 6.45) is 2.65. The van der Waals surface area contributed by atoms with Gasteiger partial charge < -0.3 is 25.8 Å². The number of carbonyl (C=O) groups excluding carboxylic acids is 5.